The summed E-state index contributed by atoms with van der Waals surface area (Å²) in [6.45, 7) is 3.26. The third-order valence-electron chi connectivity index (χ3n) is 6.11. The number of aliphatic hydroxyl groups excluding tert-OH is 2. The van der Waals surface area contributed by atoms with Crippen LogP contribution in [0.5, 0.6) is 0 Å². The van der Waals surface area contributed by atoms with E-state index < -0.39 is 22.0 Å². The van der Waals surface area contributed by atoms with Crippen molar-refractivity contribution >= 4 is 21.7 Å². The molecule has 0 aromatic rings. The number of amidine groups is 1. The van der Waals surface area contributed by atoms with Gasteiger partial charge in [0.05, 0.1) is 22.5 Å². The second-order valence-corrected chi connectivity index (χ2v) is 10.7. The zero-order chi connectivity index (χ0) is 25.2. The van der Waals surface area contributed by atoms with Gasteiger partial charge in [0, 0.05) is 6.42 Å². The maximum absolute atomic E-state index is 12.9. The van der Waals surface area contributed by atoms with E-state index in [0.717, 1.165) is 25.7 Å². The van der Waals surface area contributed by atoms with Gasteiger partial charge in [0.25, 0.3) is 0 Å². The van der Waals surface area contributed by atoms with Gasteiger partial charge in [-0.2, -0.15) is 0 Å². The maximum atomic E-state index is 12.9. The third kappa shape index (κ3) is 17.0. The van der Waals surface area contributed by atoms with E-state index in [1.807, 2.05) is 0 Å². The quantitative estimate of drug-likeness (QED) is 0.0702. The van der Waals surface area contributed by atoms with Crippen LogP contribution in [0.25, 0.3) is 0 Å². The monoisotopic (exact) mass is 525 g/mol. The summed E-state index contributed by atoms with van der Waals surface area (Å²) in [6.07, 6.45) is 17.6. The minimum atomic E-state index is -4.54. The molecule has 1 rings (SSSR count). The fourth-order valence-corrected chi connectivity index (χ4v) is 5.00. The number of Topliss-reactive ketones (excluding diaryl/α,β-unsaturated/α-hetero) is 1. The fourth-order valence-electron chi connectivity index (χ4n) is 4.42. The van der Waals surface area contributed by atoms with Crippen LogP contribution >= 0.6 is 0 Å². The van der Waals surface area contributed by atoms with Crippen molar-refractivity contribution in [3.63, 3.8) is 0 Å². The largest absolute Gasteiger partial charge is 1.00 e. The first kappa shape index (κ1) is 34.7. The van der Waals surface area contributed by atoms with Gasteiger partial charge < -0.3 is 14.8 Å². The number of carbonyl (C=O) groups is 1. The number of ketones is 1. The normalized spacial score (nSPS) is 15.1. The number of hydrogen-bond donors (Lipinski definition) is 2. The summed E-state index contributed by atoms with van der Waals surface area (Å²) >= 11 is 0. The standard InChI is InChI=1S/C25H46N2O6S.Na/c1-2-3-4-5-6-7-8-9-10-11-12-13-14-15-16-24(30)25-26(19-20-28)17-18-27(25)21-23(29)22-34(31,32)33;/h3-4,23,28-29H,2,5-22H2,1H3;/q;+1/b4-3+;. The molecule has 0 saturated carbocycles. The van der Waals surface area contributed by atoms with E-state index >= 15 is 0 Å². The maximum Gasteiger partial charge on any atom is 1.00 e. The smallest absolute Gasteiger partial charge is 0.748 e. The molecule has 35 heavy (non-hydrogen) atoms. The predicted octanol–water partition coefficient (Wildman–Crippen LogP) is -0.168. The van der Waals surface area contributed by atoms with Crippen molar-refractivity contribution in [1.29, 1.82) is 0 Å². The number of β-amino-alcohol motifs (C(OH)–C–C–N with tert-alkyl or cyclic N) is 2. The molecule has 2 N–H and O–H groups in total. The number of allylic oxidation sites excluding steroid dienone is 2. The zero-order valence-electron chi connectivity index (χ0n) is 22.0. The van der Waals surface area contributed by atoms with Crippen LogP contribution in [-0.2, 0) is 14.9 Å². The van der Waals surface area contributed by atoms with Crippen LogP contribution in [0, 0.1) is 0 Å². The fraction of sp³-hybridized carbons (Fsp3) is 0.840. The molecule has 0 amide bonds. The second kappa shape index (κ2) is 20.7. The molecule has 0 saturated heterocycles. The Morgan fingerprint density at radius 2 is 1.63 bits per heavy atom. The van der Waals surface area contributed by atoms with Gasteiger partial charge in [-0.05, 0) is 25.7 Å². The molecule has 1 heterocycles. The summed E-state index contributed by atoms with van der Waals surface area (Å²) in [6, 6.07) is 0. The molecule has 198 valence electrons. The van der Waals surface area contributed by atoms with Crippen LogP contribution < -0.4 is 29.6 Å². The summed E-state index contributed by atoms with van der Waals surface area (Å²) < 4.78 is 34.4. The van der Waals surface area contributed by atoms with E-state index in [1.54, 1.807) is 9.48 Å². The number of rotatable bonds is 21. The number of unbranched alkanes of at least 4 members (excludes halogenated alkanes) is 10. The predicted molar refractivity (Wildman–Crippen MR) is 134 cm³/mol. The molecular weight excluding hydrogens is 479 g/mol. The molecule has 0 fully saturated rings. The molecule has 0 aromatic carbocycles. The average molecular weight is 526 g/mol. The van der Waals surface area contributed by atoms with Crippen LogP contribution in [0.4, 0.5) is 0 Å². The molecule has 0 radical (unpaired) electrons. The Bertz CT molecular complexity index is 742. The Balaban J connectivity index is 0.0000116. The summed E-state index contributed by atoms with van der Waals surface area (Å²) in [5.74, 6) is -0.514. The van der Waals surface area contributed by atoms with Crippen LogP contribution in [0.2, 0.25) is 0 Å². The summed E-state index contributed by atoms with van der Waals surface area (Å²) in [4.78, 5) is 14.6. The van der Waals surface area contributed by atoms with Crippen molar-refractivity contribution < 1.29 is 62.1 Å². The van der Waals surface area contributed by atoms with E-state index in [-0.39, 0.29) is 48.5 Å². The molecule has 1 aliphatic rings. The van der Waals surface area contributed by atoms with Crippen molar-refractivity contribution in [3.05, 3.63) is 12.2 Å². The minimum absolute atomic E-state index is 0. The van der Waals surface area contributed by atoms with Crippen LogP contribution in [0.3, 0.4) is 0 Å². The first-order valence-corrected chi connectivity index (χ1v) is 14.6. The van der Waals surface area contributed by atoms with Crippen molar-refractivity contribution in [3.8, 4) is 0 Å². The number of carbonyl (C=O) groups excluding carboxylic acids is 1. The van der Waals surface area contributed by atoms with Gasteiger partial charge in [-0.3, -0.25) is 14.3 Å². The summed E-state index contributed by atoms with van der Waals surface area (Å²) in [5.41, 5.74) is 0. The molecule has 0 spiro atoms. The summed E-state index contributed by atoms with van der Waals surface area (Å²) in [7, 11) is -4.54. The Hall–Kier alpha value is -0.290. The molecule has 1 unspecified atom stereocenters. The molecule has 1 atom stereocenters. The van der Waals surface area contributed by atoms with Gasteiger partial charge >= 0.3 is 35.4 Å². The van der Waals surface area contributed by atoms with Gasteiger partial charge in [-0.15, -0.1) is 0 Å². The van der Waals surface area contributed by atoms with Gasteiger partial charge in [0.1, 0.15) is 32.3 Å². The SMILES string of the molecule is CC/C=C/CCCCCCCCCCCCC(=O)C1=[N+](CC(O)CS(=O)(=O)[O-])CCN1CCO.[Na+]. The van der Waals surface area contributed by atoms with Crippen LogP contribution in [-0.4, -0.2) is 88.9 Å². The molecule has 8 nitrogen and oxygen atoms in total. The summed E-state index contributed by atoms with van der Waals surface area (Å²) in [5, 5.41) is 19.3. The van der Waals surface area contributed by atoms with Gasteiger partial charge in [0.2, 0.25) is 5.78 Å². The van der Waals surface area contributed by atoms with Gasteiger partial charge in [-0.1, -0.05) is 70.4 Å². The molecule has 1 aliphatic heterocycles. The van der Waals surface area contributed by atoms with Crippen LogP contribution in [0.1, 0.15) is 90.4 Å². The number of nitrogens with zero attached hydrogens (tertiary/aromatic N) is 2. The third-order valence-corrected chi connectivity index (χ3v) is 6.91. The average Bonchev–Trinajstić information content (AvgIpc) is 3.14. The first-order valence-electron chi connectivity index (χ1n) is 13.1. The van der Waals surface area contributed by atoms with Crippen molar-refractivity contribution in [2.45, 2.75) is 96.5 Å². The Morgan fingerprint density at radius 3 is 2.17 bits per heavy atom. The van der Waals surface area contributed by atoms with Crippen molar-refractivity contribution in [2.75, 3.05) is 38.5 Å². The Kier molecular flexibility index (Phi) is 20.6. The topological polar surface area (TPSA) is 121 Å². The first-order chi connectivity index (χ1) is 16.3. The van der Waals surface area contributed by atoms with E-state index in [2.05, 4.69) is 19.1 Å². The second-order valence-electron chi connectivity index (χ2n) is 9.24. The molecule has 0 aliphatic carbocycles. The number of hydrogen-bond acceptors (Lipinski definition) is 7. The van der Waals surface area contributed by atoms with Crippen LogP contribution in [0.15, 0.2) is 12.2 Å². The minimum Gasteiger partial charge on any atom is -0.748 e. The molecule has 0 bridgehead atoms. The molecular formula is C25H46N2NaO6S+. The van der Waals surface area contributed by atoms with E-state index in [9.17, 15) is 28.0 Å². The van der Waals surface area contributed by atoms with Gasteiger partial charge in [0.15, 0.2) is 0 Å². The van der Waals surface area contributed by atoms with E-state index in [1.165, 1.54) is 51.4 Å². The van der Waals surface area contributed by atoms with Crippen molar-refractivity contribution in [2.24, 2.45) is 0 Å². The zero-order valence-corrected chi connectivity index (χ0v) is 24.8. The van der Waals surface area contributed by atoms with E-state index in [0.29, 0.717) is 31.9 Å². The Labute approximate surface area is 234 Å². The Morgan fingerprint density at radius 1 is 1.06 bits per heavy atom. The van der Waals surface area contributed by atoms with Crippen molar-refractivity contribution in [1.82, 2.24) is 4.90 Å². The molecule has 10 heteroatoms. The molecule has 0 aromatic heterocycles. The van der Waals surface area contributed by atoms with E-state index in [4.69, 9.17) is 0 Å². The number of aliphatic hydroxyl groups is 2. The van der Waals surface area contributed by atoms with Gasteiger partial charge in [-0.25, -0.2) is 8.42 Å².